The Hall–Kier alpha value is -0.570. The lowest BCUT2D eigenvalue weighted by Gasteiger charge is -2.42. The molecule has 0 unspecified atom stereocenters. The summed E-state index contributed by atoms with van der Waals surface area (Å²) in [6.07, 6.45) is 4.82. The van der Waals surface area contributed by atoms with E-state index in [9.17, 15) is 4.79 Å². The average Bonchev–Trinajstić information content (AvgIpc) is 2.82. The number of rotatable bonds is 2. The van der Waals surface area contributed by atoms with Crippen molar-refractivity contribution in [2.45, 2.75) is 52.0 Å². The molecule has 3 heteroatoms. The molecule has 0 aromatic carbocycles. The normalized spacial score (nSPS) is 24.3. The Bertz CT molecular complexity index is 274. The number of piperidine rings is 1. The van der Waals surface area contributed by atoms with Crippen LogP contribution in [0, 0.1) is 5.92 Å². The molecule has 0 aromatic heterocycles. The van der Waals surface area contributed by atoms with Gasteiger partial charge in [-0.2, -0.15) is 0 Å². The number of carbonyl (C=O) groups is 1. The first-order valence-electron chi connectivity index (χ1n) is 7.06. The summed E-state index contributed by atoms with van der Waals surface area (Å²) in [5.74, 6) is 1.16. The predicted molar refractivity (Wildman–Crippen MR) is 69.9 cm³/mol. The van der Waals surface area contributed by atoms with Gasteiger partial charge in [-0.25, -0.2) is 0 Å². The van der Waals surface area contributed by atoms with Crippen molar-refractivity contribution in [3.05, 3.63) is 0 Å². The van der Waals surface area contributed by atoms with Crippen molar-refractivity contribution in [2.75, 3.05) is 26.2 Å². The largest absolute Gasteiger partial charge is 0.341 e. The van der Waals surface area contributed by atoms with E-state index in [1.54, 1.807) is 0 Å². The van der Waals surface area contributed by atoms with E-state index in [0.717, 1.165) is 32.1 Å². The Labute approximate surface area is 105 Å². The highest BCUT2D eigenvalue weighted by atomic mass is 16.2. The van der Waals surface area contributed by atoms with Crippen LogP contribution in [0.25, 0.3) is 0 Å². The molecule has 17 heavy (non-hydrogen) atoms. The first-order chi connectivity index (χ1) is 8.01. The second-order valence-electron chi connectivity index (χ2n) is 6.23. The van der Waals surface area contributed by atoms with Gasteiger partial charge in [0.05, 0.1) is 5.54 Å². The van der Waals surface area contributed by atoms with Gasteiger partial charge in [-0.15, -0.1) is 0 Å². The van der Waals surface area contributed by atoms with Crippen LogP contribution in [0.2, 0.25) is 0 Å². The van der Waals surface area contributed by atoms with Crippen LogP contribution in [0.3, 0.4) is 0 Å². The molecule has 0 aromatic rings. The Morgan fingerprint density at radius 3 is 2.12 bits per heavy atom. The fourth-order valence-corrected chi connectivity index (χ4v) is 3.01. The van der Waals surface area contributed by atoms with Gasteiger partial charge in [-0.05, 0) is 58.5 Å². The summed E-state index contributed by atoms with van der Waals surface area (Å²) < 4.78 is 0. The van der Waals surface area contributed by atoms with Crippen LogP contribution < -0.4 is 0 Å². The van der Waals surface area contributed by atoms with Crippen LogP contribution in [-0.4, -0.2) is 47.4 Å². The van der Waals surface area contributed by atoms with E-state index in [4.69, 9.17) is 0 Å². The molecule has 2 rings (SSSR count). The van der Waals surface area contributed by atoms with Crippen LogP contribution in [0.1, 0.15) is 46.5 Å². The first-order valence-corrected chi connectivity index (χ1v) is 7.06. The van der Waals surface area contributed by atoms with Crippen molar-refractivity contribution in [3.63, 3.8) is 0 Å². The highest BCUT2D eigenvalue weighted by Crippen LogP contribution is 2.26. The minimum Gasteiger partial charge on any atom is -0.341 e. The van der Waals surface area contributed by atoms with Crippen molar-refractivity contribution in [1.82, 2.24) is 9.80 Å². The zero-order valence-electron chi connectivity index (χ0n) is 11.5. The molecular weight excluding hydrogens is 212 g/mol. The van der Waals surface area contributed by atoms with Crippen LogP contribution in [-0.2, 0) is 4.79 Å². The van der Waals surface area contributed by atoms with E-state index >= 15 is 0 Å². The highest BCUT2D eigenvalue weighted by Gasteiger charge is 2.39. The van der Waals surface area contributed by atoms with E-state index in [-0.39, 0.29) is 5.54 Å². The molecule has 98 valence electrons. The molecule has 2 heterocycles. The van der Waals surface area contributed by atoms with Crippen LogP contribution in [0.5, 0.6) is 0 Å². The van der Waals surface area contributed by atoms with E-state index in [2.05, 4.69) is 30.6 Å². The van der Waals surface area contributed by atoms with Gasteiger partial charge in [0, 0.05) is 13.1 Å². The minimum absolute atomic E-state index is 0.301. The molecule has 0 saturated carbocycles. The van der Waals surface area contributed by atoms with Crippen molar-refractivity contribution in [1.29, 1.82) is 0 Å². The summed E-state index contributed by atoms with van der Waals surface area (Å²) in [6, 6.07) is 0. The third-order valence-electron chi connectivity index (χ3n) is 4.49. The monoisotopic (exact) mass is 238 g/mol. The standard InChI is InChI=1S/C14H26N2O/c1-12-6-10-16(11-7-12)14(2,3)13(17)15-8-4-5-9-15/h12H,4-11H2,1-3H3. The maximum absolute atomic E-state index is 12.5. The summed E-state index contributed by atoms with van der Waals surface area (Å²) in [5, 5.41) is 0. The quantitative estimate of drug-likeness (QED) is 0.735. The maximum atomic E-state index is 12.5. The Balaban J connectivity index is 1.99. The fourth-order valence-electron chi connectivity index (χ4n) is 3.01. The summed E-state index contributed by atoms with van der Waals surface area (Å²) >= 11 is 0. The van der Waals surface area contributed by atoms with E-state index < -0.39 is 0 Å². The molecule has 0 radical (unpaired) electrons. The molecule has 2 fully saturated rings. The minimum atomic E-state index is -0.301. The second-order valence-corrected chi connectivity index (χ2v) is 6.23. The van der Waals surface area contributed by atoms with Gasteiger partial charge >= 0.3 is 0 Å². The molecule has 2 saturated heterocycles. The Morgan fingerprint density at radius 2 is 1.59 bits per heavy atom. The van der Waals surface area contributed by atoms with Gasteiger partial charge < -0.3 is 4.90 Å². The third-order valence-corrected chi connectivity index (χ3v) is 4.49. The molecular formula is C14H26N2O. The summed E-state index contributed by atoms with van der Waals surface area (Å²) in [6.45, 7) is 10.6. The van der Waals surface area contributed by atoms with Gasteiger partial charge in [-0.3, -0.25) is 9.69 Å². The van der Waals surface area contributed by atoms with Gasteiger partial charge in [-0.1, -0.05) is 6.92 Å². The maximum Gasteiger partial charge on any atom is 0.242 e. The topological polar surface area (TPSA) is 23.6 Å². The molecule has 3 nitrogen and oxygen atoms in total. The number of likely N-dealkylation sites (tertiary alicyclic amines) is 2. The van der Waals surface area contributed by atoms with E-state index in [1.165, 1.54) is 25.7 Å². The van der Waals surface area contributed by atoms with Crippen molar-refractivity contribution in [2.24, 2.45) is 5.92 Å². The number of hydrogen-bond acceptors (Lipinski definition) is 2. The molecule has 2 aliphatic rings. The smallest absolute Gasteiger partial charge is 0.242 e. The molecule has 0 N–H and O–H groups in total. The zero-order chi connectivity index (χ0) is 12.5. The highest BCUT2D eigenvalue weighted by molar-refractivity contribution is 5.85. The Kier molecular flexibility index (Phi) is 3.76. The number of carbonyl (C=O) groups excluding carboxylic acids is 1. The SMILES string of the molecule is CC1CCN(C(C)(C)C(=O)N2CCCC2)CC1. The molecule has 0 atom stereocenters. The van der Waals surface area contributed by atoms with Crippen molar-refractivity contribution < 1.29 is 4.79 Å². The van der Waals surface area contributed by atoms with E-state index in [0.29, 0.717) is 5.91 Å². The lowest BCUT2D eigenvalue weighted by Crippen LogP contribution is -2.57. The van der Waals surface area contributed by atoms with Gasteiger partial charge in [0.2, 0.25) is 5.91 Å². The van der Waals surface area contributed by atoms with Crippen LogP contribution >= 0.6 is 0 Å². The first kappa shape index (κ1) is 12.9. The number of amides is 1. The molecule has 0 aliphatic carbocycles. The summed E-state index contributed by atoms with van der Waals surface area (Å²) in [4.78, 5) is 17.0. The molecule has 0 bridgehead atoms. The molecule has 0 spiro atoms. The third kappa shape index (κ3) is 2.65. The Morgan fingerprint density at radius 1 is 1.06 bits per heavy atom. The summed E-state index contributed by atoms with van der Waals surface area (Å²) in [7, 11) is 0. The average molecular weight is 238 g/mol. The van der Waals surface area contributed by atoms with Gasteiger partial charge in [0.15, 0.2) is 0 Å². The van der Waals surface area contributed by atoms with Crippen LogP contribution in [0.15, 0.2) is 0 Å². The molecule has 1 amide bonds. The number of nitrogens with zero attached hydrogens (tertiary/aromatic N) is 2. The lowest BCUT2D eigenvalue weighted by atomic mass is 9.92. The van der Waals surface area contributed by atoms with Crippen molar-refractivity contribution in [3.8, 4) is 0 Å². The predicted octanol–water partition coefficient (Wildman–Crippen LogP) is 2.12. The fraction of sp³-hybridized carbons (Fsp3) is 0.929. The van der Waals surface area contributed by atoms with Gasteiger partial charge in [0.25, 0.3) is 0 Å². The molecule has 2 aliphatic heterocycles. The van der Waals surface area contributed by atoms with Gasteiger partial charge in [0.1, 0.15) is 0 Å². The zero-order valence-corrected chi connectivity index (χ0v) is 11.5. The lowest BCUT2D eigenvalue weighted by molar-refractivity contribution is -0.142. The second kappa shape index (κ2) is 4.97. The van der Waals surface area contributed by atoms with Crippen LogP contribution in [0.4, 0.5) is 0 Å². The number of hydrogen-bond donors (Lipinski definition) is 0. The summed E-state index contributed by atoms with van der Waals surface area (Å²) in [5.41, 5.74) is -0.301. The van der Waals surface area contributed by atoms with E-state index in [1.807, 2.05) is 0 Å². The van der Waals surface area contributed by atoms with Crippen molar-refractivity contribution >= 4 is 5.91 Å².